The highest BCUT2D eigenvalue weighted by Gasteiger charge is 2.11. The zero-order chi connectivity index (χ0) is 12.9. The average molecular weight is 254 g/mol. The number of nitrogens with two attached hydrogens (primary N) is 1. The van der Waals surface area contributed by atoms with E-state index in [-0.39, 0.29) is 17.3 Å². The fourth-order valence-corrected chi connectivity index (χ4v) is 3.04. The molecule has 94 valence electrons. The zero-order valence-electron chi connectivity index (χ0n) is 9.94. The molecule has 0 aliphatic carbocycles. The van der Waals surface area contributed by atoms with Crippen LogP contribution in [0.15, 0.2) is 24.3 Å². The number of nitrogen functional groups attached to an aromatic ring is 1. The highest BCUT2D eigenvalue weighted by atomic mass is 32.2. The topological polar surface area (TPSA) is 84.0 Å². The fraction of sp³-hybridized carbons (Fsp3) is 0.417. The minimum absolute atomic E-state index is 0.00890. The van der Waals surface area contributed by atoms with E-state index in [0.717, 1.165) is 12.0 Å². The Labute approximate surface area is 102 Å². The third-order valence-corrected chi connectivity index (χ3v) is 4.14. The molecule has 4 nitrogen and oxygen atoms in total. The molecule has 1 aromatic rings. The lowest BCUT2D eigenvalue weighted by molar-refractivity contribution is 0.592. The van der Waals surface area contributed by atoms with E-state index in [4.69, 9.17) is 11.1 Å². The Kier molecular flexibility index (Phi) is 4.69. The molecule has 0 fully saturated rings. The molecule has 0 atom stereocenters. The van der Waals surface area contributed by atoms with Crippen molar-refractivity contribution in [3.8, 4) is 0 Å². The summed E-state index contributed by atoms with van der Waals surface area (Å²) in [5.74, 6) is 0.286. The minimum atomic E-state index is -3.01. The van der Waals surface area contributed by atoms with E-state index in [9.17, 15) is 8.42 Å². The third-order valence-electron chi connectivity index (χ3n) is 2.46. The molecule has 0 heterocycles. The largest absolute Gasteiger partial charge is 0.384 e. The van der Waals surface area contributed by atoms with E-state index >= 15 is 0 Å². The maximum Gasteiger partial charge on any atom is 0.154 e. The first-order chi connectivity index (χ1) is 7.94. The maximum absolute atomic E-state index is 11.7. The van der Waals surface area contributed by atoms with Crippen molar-refractivity contribution in [1.29, 1.82) is 5.41 Å². The van der Waals surface area contributed by atoms with Gasteiger partial charge in [-0.2, -0.15) is 0 Å². The lowest BCUT2D eigenvalue weighted by Gasteiger charge is -2.04. The number of sulfone groups is 1. The lowest BCUT2D eigenvalue weighted by atomic mass is 10.1. The molecule has 3 N–H and O–H groups in total. The van der Waals surface area contributed by atoms with Crippen molar-refractivity contribution in [2.24, 2.45) is 5.73 Å². The highest BCUT2D eigenvalue weighted by molar-refractivity contribution is 7.90. The van der Waals surface area contributed by atoms with Crippen LogP contribution in [0.4, 0.5) is 0 Å². The van der Waals surface area contributed by atoms with Gasteiger partial charge >= 0.3 is 0 Å². The lowest BCUT2D eigenvalue weighted by Crippen LogP contribution is -2.12. The van der Waals surface area contributed by atoms with Gasteiger partial charge < -0.3 is 5.73 Å². The molecule has 1 rings (SSSR count). The second-order valence-electron chi connectivity index (χ2n) is 4.06. The second kappa shape index (κ2) is 5.82. The Balaban J connectivity index is 2.72. The van der Waals surface area contributed by atoms with Gasteiger partial charge in [-0.3, -0.25) is 5.41 Å². The van der Waals surface area contributed by atoms with Gasteiger partial charge in [0.2, 0.25) is 0 Å². The van der Waals surface area contributed by atoms with Crippen molar-refractivity contribution >= 4 is 15.7 Å². The number of nitrogens with one attached hydrogen (secondary N) is 1. The molecule has 0 saturated carbocycles. The predicted molar refractivity (Wildman–Crippen MR) is 69.9 cm³/mol. The van der Waals surface area contributed by atoms with Crippen LogP contribution < -0.4 is 5.73 Å². The van der Waals surface area contributed by atoms with E-state index in [1.807, 2.05) is 6.92 Å². The van der Waals surface area contributed by atoms with Crippen LogP contribution in [0.5, 0.6) is 0 Å². The molecule has 17 heavy (non-hydrogen) atoms. The van der Waals surface area contributed by atoms with Crippen LogP contribution in [0, 0.1) is 5.41 Å². The van der Waals surface area contributed by atoms with Crippen molar-refractivity contribution < 1.29 is 8.42 Å². The fourth-order valence-electron chi connectivity index (χ4n) is 1.47. The summed E-state index contributed by atoms with van der Waals surface area (Å²) in [6, 6.07) is 6.76. The van der Waals surface area contributed by atoms with Crippen LogP contribution in [-0.4, -0.2) is 20.0 Å². The van der Waals surface area contributed by atoms with Crippen molar-refractivity contribution in [3.05, 3.63) is 35.4 Å². The molecule has 0 amide bonds. The third kappa shape index (κ3) is 4.56. The quantitative estimate of drug-likeness (QED) is 0.598. The number of rotatable bonds is 6. The first-order valence-corrected chi connectivity index (χ1v) is 7.40. The summed E-state index contributed by atoms with van der Waals surface area (Å²) in [7, 11) is -3.01. The van der Waals surface area contributed by atoms with Crippen LogP contribution in [0.1, 0.15) is 30.9 Å². The Bertz CT molecular complexity index is 478. The van der Waals surface area contributed by atoms with E-state index in [0.29, 0.717) is 12.0 Å². The molecule has 1 aromatic carbocycles. The molecule has 0 aliphatic heterocycles. The van der Waals surface area contributed by atoms with E-state index < -0.39 is 9.84 Å². The van der Waals surface area contributed by atoms with Gasteiger partial charge in [0.1, 0.15) is 5.84 Å². The molecule has 0 spiro atoms. The van der Waals surface area contributed by atoms with E-state index in [2.05, 4.69) is 0 Å². The second-order valence-corrected chi connectivity index (χ2v) is 6.24. The van der Waals surface area contributed by atoms with Gasteiger partial charge in [0.25, 0.3) is 0 Å². The number of benzene rings is 1. The van der Waals surface area contributed by atoms with Gasteiger partial charge in [0.05, 0.1) is 11.5 Å². The minimum Gasteiger partial charge on any atom is -0.384 e. The Morgan fingerprint density at radius 2 is 1.88 bits per heavy atom. The number of unbranched alkanes of at least 4 members (excludes halogenated alkanes) is 1. The maximum atomic E-state index is 11.7. The standard InChI is InChI=1S/C12H18N2O2S/c1-2-3-8-17(15,16)9-10-4-6-11(7-5-10)12(13)14/h4-7H,2-3,8-9H2,1H3,(H3,13,14). The monoisotopic (exact) mass is 254 g/mol. The van der Waals surface area contributed by atoms with Crippen LogP contribution in [0.2, 0.25) is 0 Å². The summed E-state index contributed by atoms with van der Waals surface area (Å²) < 4.78 is 23.4. The van der Waals surface area contributed by atoms with Crippen molar-refractivity contribution in [2.45, 2.75) is 25.5 Å². The first-order valence-electron chi connectivity index (χ1n) is 5.58. The van der Waals surface area contributed by atoms with Crippen LogP contribution in [-0.2, 0) is 15.6 Å². The van der Waals surface area contributed by atoms with Crippen LogP contribution >= 0.6 is 0 Å². The van der Waals surface area contributed by atoms with Gasteiger partial charge in [0, 0.05) is 5.56 Å². The van der Waals surface area contributed by atoms with Gasteiger partial charge in [-0.15, -0.1) is 0 Å². The molecular weight excluding hydrogens is 236 g/mol. The van der Waals surface area contributed by atoms with Crippen molar-refractivity contribution in [2.75, 3.05) is 5.75 Å². The summed E-state index contributed by atoms with van der Waals surface area (Å²) in [5, 5.41) is 7.24. The molecule has 0 aromatic heterocycles. The molecular formula is C12H18N2O2S. The van der Waals surface area contributed by atoms with E-state index in [1.54, 1.807) is 24.3 Å². The molecule has 0 aliphatic rings. The molecule has 0 bridgehead atoms. The Hall–Kier alpha value is -1.36. The SMILES string of the molecule is CCCCS(=O)(=O)Cc1ccc(C(=N)N)cc1. The van der Waals surface area contributed by atoms with Crippen LogP contribution in [0.3, 0.4) is 0 Å². The molecule has 0 saturated heterocycles. The average Bonchev–Trinajstić information content (AvgIpc) is 2.26. The van der Waals surface area contributed by atoms with Gasteiger partial charge in [-0.05, 0) is 12.0 Å². The zero-order valence-corrected chi connectivity index (χ0v) is 10.8. The Morgan fingerprint density at radius 3 is 2.35 bits per heavy atom. The summed E-state index contributed by atoms with van der Waals surface area (Å²) in [6.45, 7) is 1.97. The highest BCUT2D eigenvalue weighted by Crippen LogP contribution is 2.10. The van der Waals surface area contributed by atoms with Gasteiger partial charge in [-0.1, -0.05) is 37.6 Å². The molecule has 5 heteroatoms. The normalized spacial score (nSPS) is 11.4. The first kappa shape index (κ1) is 13.7. The molecule has 0 unspecified atom stereocenters. The summed E-state index contributed by atoms with van der Waals surface area (Å²) >= 11 is 0. The van der Waals surface area contributed by atoms with Gasteiger partial charge in [-0.25, -0.2) is 8.42 Å². The number of hydrogen-bond donors (Lipinski definition) is 2. The van der Waals surface area contributed by atoms with Gasteiger partial charge in [0.15, 0.2) is 9.84 Å². The molecule has 0 radical (unpaired) electrons. The summed E-state index contributed by atoms with van der Waals surface area (Å²) in [4.78, 5) is 0. The predicted octanol–water partition coefficient (Wildman–Crippen LogP) is 1.69. The number of amidine groups is 1. The summed E-state index contributed by atoms with van der Waals surface area (Å²) in [6.07, 6.45) is 1.58. The Morgan fingerprint density at radius 1 is 1.29 bits per heavy atom. The van der Waals surface area contributed by atoms with Crippen LogP contribution in [0.25, 0.3) is 0 Å². The smallest absolute Gasteiger partial charge is 0.154 e. The van der Waals surface area contributed by atoms with Crippen molar-refractivity contribution in [1.82, 2.24) is 0 Å². The van der Waals surface area contributed by atoms with Crippen molar-refractivity contribution in [3.63, 3.8) is 0 Å². The number of hydrogen-bond acceptors (Lipinski definition) is 3. The van der Waals surface area contributed by atoms with E-state index in [1.165, 1.54) is 0 Å². The summed E-state index contributed by atoms with van der Waals surface area (Å²) in [5.41, 5.74) is 6.67.